The monoisotopic (exact) mass is 240 g/mol. The summed E-state index contributed by atoms with van der Waals surface area (Å²) in [5, 5.41) is 6.20. The summed E-state index contributed by atoms with van der Waals surface area (Å²) in [6, 6.07) is 0. The first-order valence-electron chi connectivity index (χ1n) is 6.49. The van der Waals surface area contributed by atoms with Gasteiger partial charge < -0.3 is 15.4 Å². The molecule has 1 saturated heterocycles. The maximum absolute atomic E-state index is 11.6. The van der Waals surface area contributed by atoms with Crippen LogP contribution >= 0.6 is 0 Å². The Kier molecular flexibility index (Phi) is 7.67. The van der Waals surface area contributed by atoms with E-state index in [1.54, 1.807) is 0 Å². The van der Waals surface area contributed by atoms with Crippen LogP contribution in [-0.4, -0.2) is 38.8 Å². The molecule has 1 fully saturated rings. The van der Waals surface area contributed by atoms with Crippen LogP contribution in [0.2, 0.25) is 0 Å². The third kappa shape index (κ3) is 7.13. The molecular weight excluding hydrogens is 216 g/mol. The first kappa shape index (κ1) is 14.2. The fourth-order valence-corrected chi connectivity index (χ4v) is 1.95. The Morgan fingerprint density at radius 3 is 2.88 bits per heavy atom. The summed E-state index contributed by atoms with van der Waals surface area (Å²) in [5.41, 5.74) is 0. The lowest BCUT2D eigenvalue weighted by Gasteiger charge is -2.21. The predicted molar refractivity (Wildman–Crippen MR) is 68.9 cm³/mol. The van der Waals surface area contributed by atoms with Crippen molar-refractivity contribution in [3.63, 3.8) is 0 Å². The average Bonchev–Trinajstić information content (AvgIpc) is 2.35. The molecule has 4 nitrogen and oxygen atoms in total. The number of nitrogens with one attached hydrogen (secondary N) is 2. The van der Waals surface area contributed by atoms with Gasteiger partial charge in [-0.2, -0.15) is 0 Å². The molecule has 1 rings (SSSR count). The van der Waals surface area contributed by atoms with Crippen molar-refractivity contribution < 1.29 is 9.53 Å². The van der Waals surface area contributed by atoms with Crippen molar-refractivity contribution in [2.75, 3.05) is 32.8 Å². The van der Waals surface area contributed by atoms with Crippen molar-refractivity contribution >= 4 is 5.91 Å². The summed E-state index contributed by atoms with van der Waals surface area (Å²) in [6.45, 7) is 7.59. The summed E-state index contributed by atoms with van der Waals surface area (Å²) < 4.78 is 5.32. The quantitative estimate of drug-likeness (QED) is 0.493. The van der Waals surface area contributed by atoms with E-state index >= 15 is 0 Å². The molecule has 1 aliphatic rings. The lowest BCUT2D eigenvalue weighted by atomic mass is 9.94. The maximum Gasteiger partial charge on any atom is 0.220 e. The zero-order valence-electron chi connectivity index (χ0n) is 10.5. The third-order valence-corrected chi connectivity index (χ3v) is 2.97. The van der Waals surface area contributed by atoms with Gasteiger partial charge in [-0.25, -0.2) is 0 Å². The summed E-state index contributed by atoms with van der Waals surface area (Å²) in [5.74, 6) is 0.710. The first-order valence-corrected chi connectivity index (χ1v) is 6.49. The summed E-state index contributed by atoms with van der Waals surface area (Å²) >= 11 is 0. The van der Waals surface area contributed by atoms with E-state index in [2.05, 4.69) is 17.2 Å². The number of hydrogen-bond acceptors (Lipinski definition) is 3. The highest BCUT2D eigenvalue weighted by Gasteiger charge is 2.16. The molecule has 0 aromatic carbocycles. The van der Waals surface area contributed by atoms with E-state index in [4.69, 9.17) is 4.74 Å². The van der Waals surface area contributed by atoms with Crippen LogP contribution in [0, 0.1) is 5.92 Å². The van der Waals surface area contributed by atoms with Crippen molar-refractivity contribution in [3.8, 4) is 0 Å². The highest BCUT2D eigenvalue weighted by molar-refractivity contribution is 5.76. The summed E-state index contributed by atoms with van der Waals surface area (Å²) in [6.07, 6.45) is 5.58. The van der Waals surface area contributed by atoms with Crippen molar-refractivity contribution in [1.82, 2.24) is 10.6 Å². The van der Waals surface area contributed by atoms with Gasteiger partial charge in [-0.3, -0.25) is 4.79 Å². The maximum atomic E-state index is 11.6. The lowest BCUT2D eigenvalue weighted by Crippen LogP contribution is -2.33. The predicted octanol–water partition coefficient (Wildman–Crippen LogP) is 1.08. The van der Waals surface area contributed by atoms with E-state index in [-0.39, 0.29) is 5.91 Å². The molecule has 0 unspecified atom stereocenters. The molecule has 98 valence electrons. The van der Waals surface area contributed by atoms with E-state index in [1.165, 1.54) is 0 Å². The van der Waals surface area contributed by atoms with Crippen LogP contribution in [0.15, 0.2) is 12.7 Å². The normalized spacial score (nSPS) is 16.7. The van der Waals surface area contributed by atoms with Gasteiger partial charge in [0.1, 0.15) is 0 Å². The number of carbonyl (C=O) groups is 1. The molecule has 0 atom stereocenters. The highest BCUT2D eigenvalue weighted by atomic mass is 16.5. The largest absolute Gasteiger partial charge is 0.379 e. The Bertz CT molecular complexity index is 225. The second-order valence-electron chi connectivity index (χ2n) is 4.44. The van der Waals surface area contributed by atoms with Crippen LogP contribution in [0.25, 0.3) is 0 Å². The van der Waals surface area contributed by atoms with Gasteiger partial charge in [-0.05, 0) is 38.3 Å². The Morgan fingerprint density at radius 2 is 2.18 bits per heavy atom. The van der Waals surface area contributed by atoms with Gasteiger partial charge in [0, 0.05) is 13.0 Å². The molecule has 0 aliphatic carbocycles. The van der Waals surface area contributed by atoms with Crippen LogP contribution in [0.5, 0.6) is 0 Å². The smallest absolute Gasteiger partial charge is 0.220 e. The van der Waals surface area contributed by atoms with Crippen molar-refractivity contribution in [3.05, 3.63) is 12.7 Å². The highest BCUT2D eigenvalue weighted by Crippen LogP contribution is 2.15. The minimum atomic E-state index is 0.157. The molecule has 0 aromatic heterocycles. The average molecular weight is 240 g/mol. The molecule has 0 radical (unpaired) electrons. The third-order valence-electron chi connectivity index (χ3n) is 2.97. The van der Waals surface area contributed by atoms with Crippen LogP contribution in [0.1, 0.15) is 25.7 Å². The zero-order valence-corrected chi connectivity index (χ0v) is 10.5. The summed E-state index contributed by atoms with van der Waals surface area (Å²) in [4.78, 5) is 11.6. The molecule has 0 bridgehead atoms. The molecule has 2 N–H and O–H groups in total. The van der Waals surface area contributed by atoms with Gasteiger partial charge in [0.2, 0.25) is 5.91 Å². The van der Waals surface area contributed by atoms with Gasteiger partial charge >= 0.3 is 0 Å². The Morgan fingerprint density at radius 1 is 1.41 bits per heavy atom. The number of piperidine rings is 1. The molecule has 1 aliphatic heterocycles. The fraction of sp³-hybridized carbons (Fsp3) is 0.769. The number of carbonyl (C=O) groups excluding carboxylic acids is 1. The van der Waals surface area contributed by atoms with E-state index in [0.29, 0.717) is 32.1 Å². The van der Waals surface area contributed by atoms with Gasteiger partial charge in [0.25, 0.3) is 0 Å². The van der Waals surface area contributed by atoms with Crippen LogP contribution in [0.4, 0.5) is 0 Å². The van der Waals surface area contributed by atoms with E-state index in [1.807, 2.05) is 6.08 Å². The van der Waals surface area contributed by atoms with E-state index in [0.717, 1.165) is 32.4 Å². The molecular formula is C13H24N2O2. The topological polar surface area (TPSA) is 50.4 Å². The number of hydrogen-bond donors (Lipinski definition) is 2. The second kappa shape index (κ2) is 9.19. The molecule has 1 heterocycles. The molecule has 1 amide bonds. The van der Waals surface area contributed by atoms with E-state index in [9.17, 15) is 4.79 Å². The SMILES string of the molecule is C=CCCOCCNC(=O)CC1CCNCC1. The minimum absolute atomic E-state index is 0.157. The second-order valence-corrected chi connectivity index (χ2v) is 4.44. The Hall–Kier alpha value is -0.870. The Balaban J connectivity index is 1.95. The van der Waals surface area contributed by atoms with Gasteiger partial charge in [0.05, 0.1) is 13.2 Å². The number of ether oxygens (including phenoxy) is 1. The fourth-order valence-electron chi connectivity index (χ4n) is 1.95. The van der Waals surface area contributed by atoms with Crippen molar-refractivity contribution in [2.24, 2.45) is 5.92 Å². The molecule has 0 aromatic rings. The zero-order chi connectivity index (χ0) is 12.3. The minimum Gasteiger partial charge on any atom is -0.379 e. The Labute approximate surface area is 104 Å². The van der Waals surface area contributed by atoms with E-state index < -0.39 is 0 Å². The van der Waals surface area contributed by atoms with Gasteiger partial charge in [0.15, 0.2) is 0 Å². The molecule has 0 spiro atoms. The molecule has 17 heavy (non-hydrogen) atoms. The number of amides is 1. The molecule has 0 saturated carbocycles. The van der Waals surface area contributed by atoms with Crippen LogP contribution < -0.4 is 10.6 Å². The standard InChI is InChI=1S/C13H24N2O2/c1-2-3-9-17-10-8-15-13(16)11-12-4-6-14-7-5-12/h2,12,14H,1,3-11H2,(H,15,16). The van der Waals surface area contributed by atoms with Gasteiger partial charge in [-0.15, -0.1) is 6.58 Å². The first-order chi connectivity index (χ1) is 8.33. The van der Waals surface area contributed by atoms with Crippen molar-refractivity contribution in [2.45, 2.75) is 25.7 Å². The van der Waals surface area contributed by atoms with Crippen LogP contribution in [-0.2, 0) is 9.53 Å². The van der Waals surface area contributed by atoms with Crippen LogP contribution in [0.3, 0.4) is 0 Å². The summed E-state index contributed by atoms with van der Waals surface area (Å²) in [7, 11) is 0. The van der Waals surface area contributed by atoms with Gasteiger partial charge in [-0.1, -0.05) is 6.08 Å². The molecule has 4 heteroatoms. The number of rotatable bonds is 8. The lowest BCUT2D eigenvalue weighted by molar-refractivity contribution is -0.122. The van der Waals surface area contributed by atoms with Crippen molar-refractivity contribution in [1.29, 1.82) is 0 Å².